The molecule has 1 N–H and O–H groups in total. The fraction of sp³-hybridized carbons (Fsp3) is 0.556. The fourth-order valence-electron chi connectivity index (χ4n) is 1.78. The second-order valence-electron chi connectivity index (χ2n) is 3.50. The number of halogens is 1. The zero-order chi connectivity index (χ0) is 9.42. The molecule has 78 valence electrons. The van der Waals surface area contributed by atoms with Gasteiger partial charge in [0.2, 0.25) is 0 Å². The van der Waals surface area contributed by atoms with Gasteiger partial charge in [-0.25, -0.2) is 4.98 Å². The number of carboxylic acid groups (broad SMARTS) is 1. The van der Waals surface area contributed by atoms with Crippen LogP contribution in [0, 0.1) is 12.8 Å². The van der Waals surface area contributed by atoms with E-state index in [0.29, 0.717) is 13.0 Å². The van der Waals surface area contributed by atoms with Gasteiger partial charge in [0.05, 0.1) is 5.92 Å². The molecule has 4 nitrogen and oxygen atoms in total. The second-order valence-corrected chi connectivity index (χ2v) is 3.50. The minimum atomic E-state index is -0.696. The van der Waals surface area contributed by atoms with Crippen molar-refractivity contribution >= 4 is 18.4 Å². The number of aliphatic carboxylic acids is 1. The van der Waals surface area contributed by atoms with E-state index in [1.807, 2.05) is 11.5 Å². The summed E-state index contributed by atoms with van der Waals surface area (Å²) in [5.41, 5.74) is 1.06. The van der Waals surface area contributed by atoms with Gasteiger partial charge in [-0.15, -0.1) is 12.4 Å². The van der Waals surface area contributed by atoms with Gasteiger partial charge in [-0.3, -0.25) is 4.79 Å². The number of carbonyl (C=O) groups is 1. The number of imidazole rings is 1. The van der Waals surface area contributed by atoms with Crippen LogP contribution in [0.3, 0.4) is 0 Å². The van der Waals surface area contributed by atoms with E-state index in [-0.39, 0.29) is 18.3 Å². The lowest BCUT2D eigenvalue weighted by Gasteiger charge is -2.21. The van der Waals surface area contributed by atoms with Crippen LogP contribution in [0.25, 0.3) is 0 Å². The molecular weight excluding hydrogens is 204 g/mol. The summed E-state index contributed by atoms with van der Waals surface area (Å²) >= 11 is 0. The van der Waals surface area contributed by atoms with Gasteiger partial charge in [0.25, 0.3) is 0 Å². The molecule has 1 aromatic rings. The first-order chi connectivity index (χ1) is 6.18. The van der Waals surface area contributed by atoms with Gasteiger partial charge in [0, 0.05) is 24.9 Å². The molecule has 1 aliphatic heterocycles. The Morgan fingerprint density at radius 1 is 1.71 bits per heavy atom. The molecule has 0 aromatic carbocycles. The molecule has 1 atom stereocenters. The van der Waals surface area contributed by atoms with Crippen molar-refractivity contribution < 1.29 is 9.90 Å². The van der Waals surface area contributed by atoms with E-state index in [2.05, 4.69) is 4.98 Å². The molecule has 0 bridgehead atoms. The Labute approximate surface area is 88.4 Å². The van der Waals surface area contributed by atoms with Crippen LogP contribution < -0.4 is 0 Å². The largest absolute Gasteiger partial charge is 0.481 e. The Morgan fingerprint density at radius 3 is 3.07 bits per heavy atom. The molecular formula is C9H13ClN2O2. The highest BCUT2D eigenvalue weighted by Crippen LogP contribution is 2.20. The molecule has 0 spiro atoms. The standard InChI is InChI=1S/C9H12N2O2.ClH/c1-6-4-10-8-3-2-7(9(12)13)5-11(6)8;/h4,7H,2-3,5H2,1H3,(H,12,13);1H. The van der Waals surface area contributed by atoms with Gasteiger partial charge >= 0.3 is 5.97 Å². The lowest BCUT2D eigenvalue weighted by Crippen LogP contribution is -2.27. The van der Waals surface area contributed by atoms with Gasteiger partial charge in [-0.05, 0) is 13.3 Å². The van der Waals surface area contributed by atoms with Gasteiger partial charge in [-0.1, -0.05) is 0 Å². The van der Waals surface area contributed by atoms with E-state index in [9.17, 15) is 4.79 Å². The molecule has 0 saturated heterocycles. The monoisotopic (exact) mass is 216 g/mol. The zero-order valence-electron chi connectivity index (χ0n) is 7.93. The molecule has 0 amide bonds. The first-order valence-electron chi connectivity index (χ1n) is 4.42. The van der Waals surface area contributed by atoms with Crippen molar-refractivity contribution in [1.82, 2.24) is 9.55 Å². The van der Waals surface area contributed by atoms with E-state index >= 15 is 0 Å². The fourth-order valence-corrected chi connectivity index (χ4v) is 1.78. The third-order valence-corrected chi connectivity index (χ3v) is 2.61. The van der Waals surface area contributed by atoms with Crippen molar-refractivity contribution in [3.8, 4) is 0 Å². The average Bonchev–Trinajstić information content (AvgIpc) is 2.47. The van der Waals surface area contributed by atoms with Crippen LogP contribution in [0.4, 0.5) is 0 Å². The van der Waals surface area contributed by atoms with E-state index < -0.39 is 5.97 Å². The van der Waals surface area contributed by atoms with Crippen LogP contribution >= 0.6 is 12.4 Å². The van der Waals surface area contributed by atoms with Crippen LogP contribution in [0.2, 0.25) is 0 Å². The molecule has 1 aromatic heterocycles. The van der Waals surface area contributed by atoms with Crippen molar-refractivity contribution in [2.24, 2.45) is 5.92 Å². The van der Waals surface area contributed by atoms with Crippen LogP contribution in [-0.4, -0.2) is 20.6 Å². The third kappa shape index (κ3) is 1.75. The van der Waals surface area contributed by atoms with Crippen molar-refractivity contribution in [3.05, 3.63) is 17.7 Å². The number of hydrogen-bond donors (Lipinski definition) is 1. The highest BCUT2D eigenvalue weighted by molar-refractivity contribution is 5.85. The Bertz CT molecular complexity index is 349. The second kappa shape index (κ2) is 4.00. The highest BCUT2D eigenvalue weighted by Gasteiger charge is 2.25. The summed E-state index contributed by atoms with van der Waals surface area (Å²) in [6, 6.07) is 0. The predicted octanol–water partition coefficient (Wildman–Crippen LogP) is 1.26. The van der Waals surface area contributed by atoms with Gasteiger partial charge < -0.3 is 9.67 Å². The Kier molecular flexibility index (Phi) is 3.16. The van der Waals surface area contributed by atoms with E-state index in [1.165, 1.54) is 0 Å². The summed E-state index contributed by atoms with van der Waals surface area (Å²) in [6.45, 7) is 2.54. The maximum atomic E-state index is 10.8. The number of aryl methyl sites for hydroxylation is 2. The quantitative estimate of drug-likeness (QED) is 0.769. The normalized spacial score (nSPS) is 19.6. The summed E-state index contributed by atoms with van der Waals surface area (Å²) < 4.78 is 2.00. The summed E-state index contributed by atoms with van der Waals surface area (Å²) in [5, 5.41) is 8.86. The van der Waals surface area contributed by atoms with Gasteiger partial charge in [-0.2, -0.15) is 0 Å². The number of fused-ring (bicyclic) bond motifs is 1. The zero-order valence-corrected chi connectivity index (χ0v) is 8.75. The highest BCUT2D eigenvalue weighted by atomic mass is 35.5. The molecule has 2 heterocycles. The van der Waals surface area contributed by atoms with Crippen molar-refractivity contribution in [2.45, 2.75) is 26.3 Å². The lowest BCUT2D eigenvalue weighted by molar-refractivity contribution is -0.142. The maximum absolute atomic E-state index is 10.8. The SMILES string of the molecule is Cc1cnc2n1CC(C(=O)O)CC2.Cl. The molecule has 1 unspecified atom stereocenters. The van der Waals surface area contributed by atoms with Crippen LogP contribution in [-0.2, 0) is 17.8 Å². The number of nitrogens with zero attached hydrogens (tertiary/aromatic N) is 2. The molecule has 0 fully saturated rings. The minimum absolute atomic E-state index is 0. The van der Waals surface area contributed by atoms with Crippen molar-refractivity contribution in [3.63, 3.8) is 0 Å². The lowest BCUT2D eigenvalue weighted by atomic mass is 10.00. The smallest absolute Gasteiger partial charge is 0.308 e. The Balaban J connectivity index is 0.000000980. The number of aromatic nitrogens is 2. The van der Waals surface area contributed by atoms with E-state index in [0.717, 1.165) is 17.9 Å². The van der Waals surface area contributed by atoms with Gasteiger partial charge in [0.15, 0.2) is 0 Å². The van der Waals surface area contributed by atoms with Crippen molar-refractivity contribution in [1.29, 1.82) is 0 Å². The molecule has 0 saturated carbocycles. The first kappa shape index (κ1) is 11.0. The third-order valence-electron chi connectivity index (χ3n) is 2.61. The molecule has 14 heavy (non-hydrogen) atoms. The molecule has 0 radical (unpaired) electrons. The Morgan fingerprint density at radius 2 is 2.43 bits per heavy atom. The topological polar surface area (TPSA) is 55.1 Å². The molecule has 0 aliphatic carbocycles. The number of carboxylic acids is 1. The number of hydrogen-bond acceptors (Lipinski definition) is 2. The van der Waals surface area contributed by atoms with E-state index in [1.54, 1.807) is 6.20 Å². The first-order valence-corrected chi connectivity index (χ1v) is 4.42. The Hall–Kier alpha value is -1.03. The van der Waals surface area contributed by atoms with Crippen LogP contribution in [0.5, 0.6) is 0 Å². The predicted molar refractivity (Wildman–Crippen MR) is 53.7 cm³/mol. The summed E-state index contributed by atoms with van der Waals surface area (Å²) in [5.74, 6) is 0.0918. The van der Waals surface area contributed by atoms with Crippen molar-refractivity contribution in [2.75, 3.05) is 0 Å². The molecule has 2 rings (SSSR count). The van der Waals surface area contributed by atoms with Crippen LogP contribution in [0.1, 0.15) is 17.9 Å². The average molecular weight is 217 g/mol. The van der Waals surface area contributed by atoms with Gasteiger partial charge in [0.1, 0.15) is 5.82 Å². The van der Waals surface area contributed by atoms with E-state index in [4.69, 9.17) is 5.11 Å². The summed E-state index contributed by atoms with van der Waals surface area (Å²) in [6.07, 6.45) is 3.30. The molecule has 1 aliphatic rings. The number of rotatable bonds is 1. The summed E-state index contributed by atoms with van der Waals surface area (Å²) in [4.78, 5) is 15.0. The summed E-state index contributed by atoms with van der Waals surface area (Å²) in [7, 11) is 0. The molecule has 5 heteroatoms. The maximum Gasteiger partial charge on any atom is 0.308 e. The minimum Gasteiger partial charge on any atom is -0.481 e. The van der Waals surface area contributed by atoms with Crippen LogP contribution in [0.15, 0.2) is 6.20 Å².